The van der Waals surface area contributed by atoms with Crippen molar-refractivity contribution < 1.29 is 53.9 Å². The van der Waals surface area contributed by atoms with E-state index in [1.165, 1.54) is 180 Å². The summed E-state index contributed by atoms with van der Waals surface area (Å²) in [5.41, 5.74) is 0. The van der Waals surface area contributed by atoms with Gasteiger partial charge in [0.1, 0.15) is 36.6 Å². The third-order valence-corrected chi connectivity index (χ3v) is 14.2. The highest BCUT2D eigenvalue weighted by Crippen LogP contribution is 2.47. The lowest BCUT2D eigenvalue weighted by Gasteiger charge is -2.41. The number of hydrogen-bond acceptors (Lipinski definition) is 10. The van der Waals surface area contributed by atoms with Gasteiger partial charge in [-0.05, 0) is 12.8 Å². The molecule has 0 aromatic rings. The van der Waals surface area contributed by atoms with Crippen LogP contribution in [0.2, 0.25) is 0 Å². The van der Waals surface area contributed by atoms with Crippen molar-refractivity contribution >= 4 is 13.7 Å². The van der Waals surface area contributed by atoms with Crippen molar-refractivity contribution in [3.05, 3.63) is 0 Å². The van der Waals surface area contributed by atoms with E-state index in [2.05, 4.69) is 19.2 Å². The van der Waals surface area contributed by atoms with Crippen LogP contribution in [-0.2, 0) is 18.4 Å². The maximum absolute atomic E-state index is 13.0. The minimum atomic E-state index is -5.05. The van der Waals surface area contributed by atoms with E-state index < -0.39 is 63.2 Å². The Bertz CT molecular complexity index is 1070. The second kappa shape index (κ2) is 40.4. The average molecular weight is 922 g/mol. The van der Waals surface area contributed by atoms with Gasteiger partial charge >= 0.3 is 7.82 Å². The van der Waals surface area contributed by atoms with E-state index in [0.29, 0.717) is 19.3 Å². The minimum absolute atomic E-state index is 0.243. The summed E-state index contributed by atoms with van der Waals surface area (Å²) in [5, 5.41) is 64.3. The summed E-state index contributed by atoms with van der Waals surface area (Å²) in [5.74, 6) is -0.302. The highest BCUT2D eigenvalue weighted by Gasteiger charge is 2.51. The number of amides is 1. The van der Waals surface area contributed by atoms with Crippen molar-refractivity contribution in [2.24, 2.45) is 0 Å². The molecular weight excluding hydrogens is 822 g/mol. The van der Waals surface area contributed by atoms with Crippen LogP contribution in [0.25, 0.3) is 0 Å². The fraction of sp³-hybridized carbons (Fsp3) is 0.980. The predicted molar refractivity (Wildman–Crippen MR) is 255 cm³/mol. The van der Waals surface area contributed by atoms with E-state index in [4.69, 9.17) is 9.05 Å². The molecule has 0 radical (unpaired) electrons. The fourth-order valence-corrected chi connectivity index (χ4v) is 9.82. The molecule has 0 saturated heterocycles. The maximum Gasteiger partial charge on any atom is 0.472 e. The molecule has 0 spiro atoms. The highest BCUT2D eigenvalue weighted by molar-refractivity contribution is 7.47. The van der Waals surface area contributed by atoms with E-state index in [0.717, 1.165) is 38.5 Å². The molecule has 376 valence electrons. The van der Waals surface area contributed by atoms with E-state index >= 15 is 0 Å². The molecule has 1 aliphatic rings. The Kier molecular flexibility index (Phi) is 38.7. The van der Waals surface area contributed by atoms with Crippen LogP contribution >= 0.6 is 7.82 Å². The van der Waals surface area contributed by atoms with E-state index in [1.54, 1.807) is 0 Å². The summed E-state index contributed by atoms with van der Waals surface area (Å²) >= 11 is 0. The zero-order chi connectivity index (χ0) is 46.4. The van der Waals surface area contributed by atoms with Gasteiger partial charge in [-0.2, -0.15) is 0 Å². The second-order valence-corrected chi connectivity index (χ2v) is 20.5. The molecular formula is C50H100NO11P. The van der Waals surface area contributed by atoms with Crippen molar-refractivity contribution in [3.8, 4) is 0 Å². The number of phosphoric ester groups is 1. The van der Waals surface area contributed by atoms with Gasteiger partial charge in [-0.25, -0.2) is 4.57 Å². The largest absolute Gasteiger partial charge is 0.472 e. The molecule has 6 unspecified atom stereocenters. The minimum Gasteiger partial charge on any atom is -0.391 e. The van der Waals surface area contributed by atoms with Crippen LogP contribution in [0.15, 0.2) is 0 Å². The van der Waals surface area contributed by atoms with E-state index in [9.17, 15) is 44.9 Å². The molecule has 0 bridgehead atoms. The van der Waals surface area contributed by atoms with Gasteiger partial charge in [-0.3, -0.25) is 13.8 Å². The number of rotatable bonds is 45. The first kappa shape index (κ1) is 60.4. The lowest BCUT2D eigenvalue weighted by molar-refractivity contribution is -0.220. The number of carbonyl (C=O) groups is 1. The molecule has 0 heterocycles. The Balaban J connectivity index is 2.33. The van der Waals surface area contributed by atoms with Crippen molar-refractivity contribution in [2.75, 3.05) is 6.61 Å². The summed E-state index contributed by atoms with van der Waals surface area (Å²) in [6.45, 7) is 3.92. The zero-order valence-corrected chi connectivity index (χ0v) is 41.3. The van der Waals surface area contributed by atoms with Gasteiger partial charge in [0.2, 0.25) is 5.91 Å². The molecule has 0 aromatic carbocycles. The number of phosphoric acid groups is 1. The molecule has 0 aromatic heterocycles. The van der Waals surface area contributed by atoms with Crippen LogP contribution in [0.3, 0.4) is 0 Å². The van der Waals surface area contributed by atoms with Gasteiger partial charge in [0, 0.05) is 6.42 Å². The molecule has 1 saturated carbocycles. The predicted octanol–water partition coefficient (Wildman–Crippen LogP) is 11.0. The molecule has 1 amide bonds. The van der Waals surface area contributed by atoms with Crippen LogP contribution in [0.5, 0.6) is 0 Å². The number of nitrogens with one attached hydrogen (secondary N) is 1. The van der Waals surface area contributed by atoms with Crippen LogP contribution < -0.4 is 5.32 Å². The van der Waals surface area contributed by atoms with Crippen molar-refractivity contribution in [3.63, 3.8) is 0 Å². The summed E-state index contributed by atoms with van der Waals surface area (Å²) in [7, 11) is -5.05. The summed E-state index contributed by atoms with van der Waals surface area (Å²) < 4.78 is 23.0. The van der Waals surface area contributed by atoms with Crippen molar-refractivity contribution in [1.29, 1.82) is 0 Å². The lowest BCUT2D eigenvalue weighted by atomic mass is 9.85. The summed E-state index contributed by atoms with van der Waals surface area (Å²) in [6.07, 6.45) is 32.8. The first-order chi connectivity index (χ1) is 30.4. The Hall–Kier alpha value is -0.660. The zero-order valence-electron chi connectivity index (χ0n) is 40.4. The van der Waals surface area contributed by atoms with Gasteiger partial charge in [-0.15, -0.1) is 0 Å². The maximum atomic E-state index is 13.0. The van der Waals surface area contributed by atoms with E-state index in [-0.39, 0.29) is 12.3 Å². The summed E-state index contributed by atoms with van der Waals surface area (Å²) in [4.78, 5) is 23.5. The Labute approximate surface area is 385 Å². The molecule has 8 N–H and O–H groups in total. The average Bonchev–Trinajstić information content (AvgIpc) is 3.27. The van der Waals surface area contributed by atoms with Crippen molar-refractivity contribution in [2.45, 2.75) is 307 Å². The van der Waals surface area contributed by atoms with Crippen LogP contribution in [0.1, 0.15) is 258 Å². The first-order valence-electron chi connectivity index (χ1n) is 26.5. The smallest absolute Gasteiger partial charge is 0.391 e. The molecule has 1 fully saturated rings. The Morgan fingerprint density at radius 3 is 1.10 bits per heavy atom. The number of aliphatic hydroxyl groups is 6. The second-order valence-electron chi connectivity index (χ2n) is 19.1. The van der Waals surface area contributed by atoms with Crippen LogP contribution in [0, 0.1) is 0 Å². The van der Waals surface area contributed by atoms with Gasteiger partial charge in [-0.1, -0.05) is 239 Å². The molecule has 12 nitrogen and oxygen atoms in total. The first-order valence-corrected chi connectivity index (χ1v) is 28.0. The lowest BCUT2D eigenvalue weighted by Crippen LogP contribution is -2.64. The third-order valence-electron chi connectivity index (χ3n) is 13.2. The molecule has 1 aliphatic carbocycles. The van der Waals surface area contributed by atoms with E-state index in [1.807, 2.05) is 0 Å². The highest BCUT2D eigenvalue weighted by atomic mass is 31.2. The molecule has 13 heteroatoms. The Morgan fingerprint density at radius 2 is 0.762 bits per heavy atom. The number of hydrogen-bond donors (Lipinski definition) is 8. The molecule has 63 heavy (non-hydrogen) atoms. The number of unbranched alkanes of at least 4 members (excludes halogenated alkanes) is 34. The molecule has 1 rings (SSSR count). The fourth-order valence-electron chi connectivity index (χ4n) is 8.85. The van der Waals surface area contributed by atoms with Crippen LogP contribution in [0.4, 0.5) is 0 Å². The van der Waals surface area contributed by atoms with Gasteiger partial charge < -0.3 is 40.8 Å². The SMILES string of the molecule is CCCCCCCCCCCCCCCCCCCCCCCCCC(=O)N[C@@H](COP(=O)(O)OC1C(O)C(O)C(O)[C@@H](O)C1O)[C@H](O)CCCCCCCCCCCCCCC. The Morgan fingerprint density at radius 1 is 0.476 bits per heavy atom. The van der Waals surface area contributed by atoms with Gasteiger partial charge in [0.15, 0.2) is 0 Å². The quantitative estimate of drug-likeness (QED) is 0.0213. The molecule has 0 aliphatic heterocycles. The van der Waals surface area contributed by atoms with Gasteiger partial charge in [0.25, 0.3) is 0 Å². The normalized spacial score (nSPS) is 22.2. The van der Waals surface area contributed by atoms with Gasteiger partial charge in [0.05, 0.1) is 18.8 Å². The summed E-state index contributed by atoms with van der Waals surface area (Å²) in [6, 6.07) is -1.03. The third kappa shape index (κ3) is 31.9. The van der Waals surface area contributed by atoms with Crippen LogP contribution in [-0.4, -0.2) is 96.8 Å². The monoisotopic (exact) mass is 922 g/mol. The van der Waals surface area contributed by atoms with Crippen molar-refractivity contribution in [1.82, 2.24) is 5.32 Å². The molecule has 9 atom stereocenters. The number of carbonyl (C=O) groups excluding carboxylic acids is 1. The standard InChI is InChI=1S/C50H100NO11P/c1-3-5-7-9-11-13-15-17-18-19-20-21-22-23-24-25-26-28-30-32-34-36-38-40-44(53)51-42(43(52)39-37-35-33-31-29-27-16-14-12-10-8-6-4-2)41-61-63(59,60)62-50-48(57)46(55)45(54)47(56)49(50)58/h42-43,45-50,52,54-58H,3-41H2,1-2H3,(H,51,53)(H,59,60)/t42-,43+,45?,46+,47?,48?,49?,50?/m0/s1. The topological polar surface area (TPSA) is 206 Å². The number of aliphatic hydroxyl groups excluding tert-OH is 6.